The Morgan fingerprint density at radius 1 is 1.43 bits per heavy atom. The molecule has 0 bridgehead atoms. The van der Waals surface area contributed by atoms with Crippen molar-refractivity contribution >= 4 is 21.9 Å². The summed E-state index contributed by atoms with van der Waals surface area (Å²) < 4.78 is 0.977. The molecule has 0 heterocycles. The van der Waals surface area contributed by atoms with Crippen LogP contribution < -0.4 is 10.8 Å². The normalized spacial score (nSPS) is 11.6. The maximum absolute atomic E-state index is 10.4. The van der Waals surface area contributed by atoms with Crippen molar-refractivity contribution in [3.63, 3.8) is 0 Å². The van der Waals surface area contributed by atoms with Crippen LogP contribution in [0.1, 0.15) is 5.56 Å². The molecule has 1 aromatic carbocycles. The first-order valence-corrected chi connectivity index (χ1v) is 4.67. The zero-order valence-electron chi connectivity index (χ0n) is 7.50. The van der Waals surface area contributed by atoms with Crippen LogP contribution in [0.3, 0.4) is 0 Å². The number of rotatable bonds is 3. The molecule has 5 heteroatoms. The molecule has 0 aromatic heterocycles. The van der Waals surface area contributed by atoms with Crippen LogP contribution >= 0.6 is 15.9 Å². The van der Waals surface area contributed by atoms with Crippen molar-refractivity contribution < 1.29 is 21.1 Å². The molecule has 0 unspecified atom stereocenters. The predicted octanol–water partition coefficient (Wildman–Crippen LogP) is -1.47. The van der Waals surface area contributed by atoms with Gasteiger partial charge in [0.25, 0.3) is 0 Å². The quantitative estimate of drug-likeness (QED) is 0.719. The first kappa shape index (κ1) is 13.1. The standard InChI is InChI=1S/C9H10BrNO2.H2O/c10-7-3-1-6(2-4-7)5-8(11)9(12)13;/h1-4,8H,5,11H2,(H,12,13);1H2/t8-;/m0./s1. The number of carboxylic acid groups (broad SMARTS) is 1. The first-order valence-electron chi connectivity index (χ1n) is 3.88. The molecule has 78 valence electrons. The molecular formula is C9H12BrNO3. The third-order valence-electron chi connectivity index (χ3n) is 1.73. The second-order valence-corrected chi connectivity index (χ2v) is 3.76. The summed E-state index contributed by atoms with van der Waals surface area (Å²) in [6, 6.07) is 6.80. The van der Waals surface area contributed by atoms with Crippen LogP contribution in [0.15, 0.2) is 28.7 Å². The summed E-state index contributed by atoms with van der Waals surface area (Å²) in [6.07, 6.45) is 0.412. The highest BCUT2D eigenvalue weighted by molar-refractivity contribution is 9.10. The Hall–Kier alpha value is -0.910. The molecule has 0 saturated carbocycles. The van der Waals surface area contributed by atoms with Crippen molar-refractivity contribution in [1.29, 1.82) is 0 Å². The Morgan fingerprint density at radius 3 is 2.36 bits per heavy atom. The molecule has 0 aliphatic rings. The summed E-state index contributed by atoms with van der Waals surface area (Å²) in [7, 11) is 0. The number of carbonyl (C=O) groups is 1. The van der Waals surface area contributed by atoms with E-state index < -0.39 is 12.0 Å². The van der Waals surface area contributed by atoms with Crippen molar-refractivity contribution in [2.24, 2.45) is 0 Å². The van der Waals surface area contributed by atoms with Gasteiger partial charge in [-0.15, -0.1) is 0 Å². The minimum Gasteiger partial charge on any atom is -0.544 e. The van der Waals surface area contributed by atoms with Gasteiger partial charge in [0, 0.05) is 10.9 Å². The molecule has 14 heavy (non-hydrogen) atoms. The molecule has 0 aliphatic heterocycles. The lowest BCUT2D eigenvalue weighted by atomic mass is 10.1. The van der Waals surface area contributed by atoms with Crippen LogP contribution in [0.25, 0.3) is 0 Å². The largest absolute Gasteiger partial charge is 0.544 e. The van der Waals surface area contributed by atoms with Crippen molar-refractivity contribution in [2.45, 2.75) is 12.5 Å². The highest BCUT2D eigenvalue weighted by Gasteiger charge is 2.07. The van der Waals surface area contributed by atoms with E-state index >= 15 is 0 Å². The molecule has 0 saturated heterocycles. The van der Waals surface area contributed by atoms with Crippen LogP contribution in [0, 0.1) is 0 Å². The molecule has 1 rings (SSSR count). The summed E-state index contributed by atoms with van der Waals surface area (Å²) in [5.41, 5.74) is 4.43. The topological polar surface area (TPSA) is 99.3 Å². The number of hydrogen-bond acceptors (Lipinski definition) is 2. The first-order chi connectivity index (χ1) is 6.09. The Bertz CT molecular complexity index is 299. The van der Waals surface area contributed by atoms with Gasteiger partial charge in [0.15, 0.2) is 0 Å². The minimum absolute atomic E-state index is 0. The lowest BCUT2D eigenvalue weighted by Crippen LogP contribution is -2.69. The fourth-order valence-corrected chi connectivity index (χ4v) is 1.25. The number of carbonyl (C=O) groups excluding carboxylic acids is 1. The average molecular weight is 262 g/mol. The lowest BCUT2D eigenvalue weighted by molar-refractivity contribution is -0.437. The third-order valence-corrected chi connectivity index (χ3v) is 2.26. The molecule has 0 spiro atoms. The molecule has 1 atom stereocenters. The van der Waals surface area contributed by atoms with E-state index in [-0.39, 0.29) is 5.48 Å². The summed E-state index contributed by atoms with van der Waals surface area (Å²) >= 11 is 3.30. The Balaban J connectivity index is 0.00000169. The predicted molar refractivity (Wildman–Crippen MR) is 53.1 cm³/mol. The lowest BCUT2D eigenvalue weighted by Gasteiger charge is -2.08. The maximum Gasteiger partial charge on any atom is 0.129 e. The second kappa shape index (κ2) is 5.74. The van der Waals surface area contributed by atoms with E-state index in [9.17, 15) is 9.90 Å². The fraction of sp³-hybridized carbons (Fsp3) is 0.222. The fourth-order valence-electron chi connectivity index (χ4n) is 0.988. The van der Waals surface area contributed by atoms with E-state index in [2.05, 4.69) is 21.7 Å². The van der Waals surface area contributed by atoms with Crippen molar-refractivity contribution in [1.82, 2.24) is 0 Å². The molecule has 0 amide bonds. The summed E-state index contributed by atoms with van der Waals surface area (Å²) in [5.74, 6) is -1.11. The summed E-state index contributed by atoms with van der Waals surface area (Å²) in [4.78, 5) is 10.4. The van der Waals surface area contributed by atoms with Crippen LogP contribution in [0.5, 0.6) is 0 Å². The SMILES string of the molecule is O.[NH3+][C@@H](Cc1ccc(Br)cc1)C(=O)[O-]. The molecular weight excluding hydrogens is 250 g/mol. The highest BCUT2D eigenvalue weighted by Crippen LogP contribution is 2.11. The molecule has 0 aliphatic carbocycles. The molecule has 1 aromatic rings. The zero-order valence-corrected chi connectivity index (χ0v) is 9.08. The number of hydrogen-bond donors (Lipinski definition) is 1. The van der Waals surface area contributed by atoms with E-state index in [4.69, 9.17) is 0 Å². The van der Waals surface area contributed by atoms with Gasteiger partial charge in [-0.1, -0.05) is 28.1 Å². The van der Waals surface area contributed by atoms with E-state index in [0.29, 0.717) is 6.42 Å². The maximum atomic E-state index is 10.4. The smallest absolute Gasteiger partial charge is 0.129 e. The van der Waals surface area contributed by atoms with Crippen LogP contribution in [-0.4, -0.2) is 17.5 Å². The third kappa shape index (κ3) is 3.87. The molecule has 0 fully saturated rings. The molecule has 4 nitrogen and oxygen atoms in total. The van der Waals surface area contributed by atoms with Gasteiger partial charge in [-0.3, -0.25) is 0 Å². The number of aliphatic carboxylic acids is 1. The van der Waals surface area contributed by atoms with Gasteiger partial charge in [0.1, 0.15) is 6.04 Å². The van der Waals surface area contributed by atoms with Gasteiger partial charge in [-0.05, 0) is 17.7 Å². The monoisotopic (exact) mass is 261 g/mol. The highest BCUT2D eigenvalue weighted by atomic mass is 79.9. The van der Waals surface area contributed by atoms with Crippen molar-refractivity contribution in [2.75, 3.05) is 0 Å². The van der Waals surface area contributed by atoms with Gasteiger partial charge in [0.2, 0.25) is 0 Å². The van der Waals surface area contributed by atoms with Crippen LogP contribution in [0.2, 0.25) is 0 Å². The van der Waals surface area contributed by atoms with Crippen LogP contribution in [0.4, 0.5) is 0 Å². The van der Waals surface area contributed by atoms with E-state index in [1.807, 2.05) is 24.3 Å². The van der Waals surface area contributed by atoms with Gasteiger partial charge in [-0.25, -0.2) is 0 Å². The second-order valence-electron chi connectivity index (χ2n) is 2.85. The number of benzene rings is 1. The Kier molecular flexibility index (Phi) is 5.37. The molecule has 5 N–H and O–H groups in total. The number of quaternary nitrogens is 1. The van der Waals surface area contributed by atoms with Crippen LogP contribution in [-0.2, 0) is 11.2 Å². The van der Waals surface area contributed by atoms with Gasteiger partial charge in [0.05, 0.1) is 5.97 Å². The summed E-state index contributed by atoms with van der Waals surface area (Å²) in [6.45, 7) is 0. The van der Waals surface area contributed by atoms with E-state index in [1.165, 1.54) is 0 Å². The van der Waals surface area contributed by atoms with E-state index in [0.717, 1.165) is 10.0 Å². The van der Waals surface area contributed by atoms with E-state index in [1.54, 1.807) is 0 Å². The average Bonchev–Trinajstić information content (AvgIpc) is 2.08. The van der Waals surface area contributed by atoms with Crippen molar-refractivity contribution in [3.05, 3.63) is 34.3 Å². The van der Waals surface area contributed by atoms with Gasteiger partial charge in [-0.2, -0.15) is 0 Å². The Morgan fingerprint density at radius 2 is 1.93 bits per heavy atom. The van der Waals surface area contributed by atoms with Gasteiger partial charge < -0.3 is 21.1 Å². The minimum atomic E-state index is -1.11. The Labute approximate surface area is 90.2 Å². The summed E-state index contributed by atoms with van der Waals surface area (Å²) in [5, 5.41) is 10.4. The van der Waals surface area contributed by atoms with Gasteiger partial charge >= 0.3 is 0 Å². The molecule has 0 radical (unpaired) electrons. The zero-order chi connectivity index (χ0) is 9.84. The number of carboxylic acids is 1. The van der Waals surface area contributed by atoms with Crippen molar-refractivity contribution in [3.8, 4) is 0 Å². The number of halogens is 1.